The van der Waals surface area contributed by atoms with E-state index in [1.165, 1.54) is 0 Å². The summed E-state index contributed by atoms with van der Waals surface area (Å²) in [5.74, 6) is -1.70. The van der Waals surface area contributed by atoms with Gasteiger partial charge in [0.1, 0.15) is 0 Å². The third-order valence-electron chi connectivity index (χ3n) is 1.00. The van der Waals surface area contributed by atoms with E-state index >= 15 is 0 Å². The van der Waals surface area contributed by atoms with Gasteiger partial charge in [-0.3, -0.25) is 0 Å². The maximum atomic E-state index is 10.8. The first kappa shape index (κ1) is 8.69. The Morgan fingerprint density at radius 2 is 1.54 bits per heavy atom. The highest BCUT2D eigenvalue weighted by atomic mass is 32.4. The molecule has 0 aliphatic carbocycles. The zero-order valence-electron chi connectivity index (χ0n) is 5.83. The molecule has 2 aliphatic rings. The highest BCUT2D eigenvalue weighted by Crippen LogP contribution is 2.62. The fraction of sp³-hybridized carbons (Fsp3) is 0. The first-order valence-electron chi connectivity index (χ1n) is 2.89. The van der Waals surface area contributed by atoms with Gasteiger partial charge < -0.3 is 8.37 Å². The largest absolute Gasteiger partial charge is 0.361 e. The van der Waals surface area contributed by atoms with Crippen LogP contribution in [0.3, 0.4) is 0 Å². The van der Waals surface area contributed by atoms with Crippen LogP contribution in [0.5, 0.6) is 0 Å². The van der Waals surface area contributed by atoms with Crippen LogP contribution in [0.25, 0.3) is 0 Å². The van der Waals surface area contributed by atoms with Gasteiger partial charge in [-0.05, 0) is 0 Å². The van der Waals surface area contributed by atoms with Crippen molar-refractivity contribution in [2.75, 3.05) is 0 Å². The van der Waals surface area contributed by atoms with E-state index in [-0.39, 0.29) is 0 Å². The molecule has 9 heteroatoms. The van der Waals surface area contributed by atoms with Gasteiger partial charge in [0.05, 0.1) is 0 Å². The van der Waals surface area contributed by atoms with Gasteiger partial charge in [0.25, 0.3) is 0 Å². The summed E-state index contributed by atoms with van der Waals surface area (Å²) in [6.07, 6.45) is 1.72. The summed E-state index contributed by atoms with van der Waals surface area (Å²) in [4.78, 5) is 21.5. The molecule has 0 amide bonds. The van der Waals surface area contributed by atoms with E-state index in [1.807, 2.05) is 0 Å². The van der Waals surface area contributed by atoms with E-state index in [0.717, 1.165) is 12.2 Å². The molecule has 7 nitrogen and oxygen atoms in total. The number of hydrogen-bond donors (Lipinski definition) is 0. The summed E-state index contributed by atoms with van der Waals surface area (Å²) < 4.78 is 28.1. The first-order chi connectivity index (χ1) is 6.10. The van der Waals surface area contributed by atoms with Gasteiger partial charge >= 0.3 is 34.5 Å². The fourth-order valence-electron chi connectivity index (χ4n) is 0.607. The van der Waals surface area contributed by atoms with Crippen molar-refractivity contribution in [1.82, 2.24) is 0 Å². The van der Waals surface area contributed by atoms with E-state index < -0.39 is 34.5 Å². The van der Waals surface area contributed by atoms with Crippen LogP contribution in [0.15, 0.2) is 12.2 Å². The Hall–Kier alpha value is -0.900. The maximum absolute atomic E-state index is 10.8. The van der Waals surface area contributed by atoms with Crippen molar-refractivity contribution >= 4 is 34.5 Å². The predicted octanol–water partition coefficient (Wildman–Crippen LogP) is -0.267. The van der Waals surface area contributed by atoms with Crippen molar-refractivity contribution in [3.63, 3.8) is 0 Å². The lowest BCUT2D eigenvalue weighted by Crippen LogP contribution is -2.28. The molecule has 0 bridgehead atoms. The molecule has 0 aromatic carbocycles. The van der Waals surface area contributed by atoms with Crippen LogP contribution in [-0.2, 0) is 36.6 Å². The molecule has 0 aromatic rings. The van der Waals surface area contributed by atoms with Crippen molar-refractivity contribution in [3.05, 3.63) is 12.2 Å². The number of rotatable bonds is 0. The van der Waals surface area contributed by atoms with Crippen molar-refractivity contribution in [3.8, 4) is 0 Å². The predicted molar refractivity (Wildman–Crippen MR) is 39.2 cm³/mol. The Balaban J connectivity index is 2.19. The topological polar surface area (TPSA) is 88.1 Å². The van der Waals surface area contributed by atoms with E-state index in [0.29, 0.717) is 0 Å². The molecule has 1 spiro atoms. The van der Waals surface area contributed by atoms with Crippen molar-refractivity contribution < 1.29 is 29.4 Å². The van der Waals surface area contributed by atoms with Gasteiger partial charge in [-0.2, -0.15) is 4.21 Å². The van der Waals surface area contributed by atoms with Crippen LogP contribution in [-0.4, -0.2) is 16.1 Å². The minimum atomic E-state index is -3.14. The highest BCUT2D eigenvalue weighted by Gasteiger charge is 2.52. The normalized spacial score (nSPS) is 28.6. The quantitative estimate of drug-likeness (QED) is 0.561. The Labute approximate surface area is 76.6 Å². The van der Waals surface area contributed by atoms with E-state index in [4.69, 9.17) is 0 Å². The minimum absolute atomic E-state index is 0.849. The van der Waals surface area contributed by atoms with Crippen LogP contribution < -0.4 is 0 Å². The molecular formula is C4H2O7S2. The van der Waals surface area contributed by atoms with E-state index in [1.54, 1.807) is 0 Å². The Morgan fingerprint density at radius 1 is 1.08 bits per heavy atom. The summed E-state index contributed by atoms with van der Waals surface area (Å²) >= 11 is -5.15. The SMILES string of the molecule is O=C1C=CC(=O)OS2(O1)OS(=O)O2. The van der Waals surface area contributed by atoms with Crippen LogP contribution in [0.4, 0.5) is 0 Å². The molecule has 2 rings (SSSR count). The standard InChI is InChI=1S/C4H2O7S2/c5-3-1-2-4(6)9-13(8-3)10-12(7)11-13/h1-2H. The lowest BCUT2D eigenvalue weighted by molar-refractivity contribution is -0.132. The number of carbonyl (C=O) groups excluding carboxylic acids is 2. The van der Waals surface area contributed by atoms with Crippen LogP contribution in [0, 0.1) is 0 Å². The second kappa shape index (κ2) is 2.80. The smallest absolute Gasteiger partial charge is 0.332 e. The molecular weight excluding hydrogens is 224 g/mol. The molecule has 13 heavy (non-hydrogen) atoms. The third-order valence-corrected chi connectivity index (χ3v) is 3.96. The zero-order chi connectivity index (χ0) is 9.47. The summed E-state index contributed by atoms with van der Waals surface area (Å²) in [7, 11) is 0. The molecule has 2 heterocycles. The number of carbonyl (C=O) groups is 2. The average molecular weight is 226 g/mol. The van der Waals surface area contributed by atoms with Gasteiger partial charge in [-0.25, -0.2) is 9.59 Å². The maximum Gasteiger partial charge on any atom is 0.361 e. The summed E-state index contributed by atoms with van der Waals surface area (Å²) in [6, 6.07) is 0. The molecule has 1 saturated heterocycles. The highest BCUT2D eigenvalue weighted by molar-refractivity contribution is 8.29. The lowest BCUT2D eigenvalue weighted by atomic mass is 10.5. The minimum Gasteiger partial charge on any atom is -0.332 e. The number of hydrogen-bond acceptors (Lipinski definition) is 7. The fourth-order valence-corrected chi connectivity index (χ4v) is 2.73. The molecule has 0 unspecified atom stereocenters. The molecule has 1 fully saturated rings. The van der Waals surface area contributed by atoms with Crippen molar-refractivity contribution in [1.29, 1.82) is 0 Å². The summed E-state index contributed by atoms with van der Waals surface area (Å²) in [6.45, 7) is 0. The monoisotopic (exact) mass is 226 g/mol. The molecule has 0 aromatic heterocycles. The van der Waals surface area contributed by atoms with Crippen molar-refractivity contribution in [2.45, 2.75) is 0 Å². The second-order valence-electron chi connectivity index (χ2n) is 1.89. The first-order valence-corrected chi connectivity index (χ1v) is 5.23. The second-order valence-corrected chi connectivity index (χ2v) is 4.53. The van der Waals surface area contributed by atoms with E-state index in [2.05, 4.69) is 15.6 Å². The molecule has 72 valence electrons. The molecule has 0 atom stereocenters. The molecule has 0 radical (unpaired) electrons. The summed E-state index contributed by atoms with van der Waals surface area (Å²) in [5, 5.41) is 0. The molecule has 0 N–H and O–H groups in total. The Bertz CT molecular complexity index is 303. The lowest BCUT2D eigenvalue weighted by Gasteiger charge is -2.35. The van der Waals surface area contributed by atoms with E-state index in [9.17, 15) is 13.8 Å². The third kappa shape index (κ3) is 1.58. The van der Waals surface area contributed by atoms with Crippen LogP contribution in [0.2, 0.25) is 0 Å². The van der Waals surface area contributed by atoms with Gasteiger partial charge in [-0.15, -0.1) is 7.26 Å². The Morgan fingerprint density at radius 3 is 1.92 bits per heavy atom. The van der Waals surface area contributed by atoms with Gasteiger partial charge in [0.15, 0.2) is 0 Å². The van der Waals surface area contributed by atoms with Gasteiger partial charge in [-0.1, -0.05) is 0 Å². The average Bonchev–Trinajstić information content (AvgIpc) is 2.09. The van der Waals surface area contributed by atoms with Crippen molar-refractivity contribution in [2.24, 2.45) is 0 Å². The Kier molecular flexibility index (Phi) is 1.87. The summed E-state index contributed by atoms with van der Waals surface area (Å²) in [5.41, 5.74) is 0. The molecule has 0 saturated carbocycles. The van der Waals surface area contributed by atoms with Crippen LogP contribution >= 0.6 is 11.2 Å². The van der Waals surface area contributed by atoms with Gasteiger partial charge in [0.2, 0.25) is 0 Å². The van der Waals surface area contributed by atoms with Crippen LogP contribution in [0.1, 0.15) is 0 Å². The molecule has 2 aliphatic heterocycles. The van der Waals surface area contributed by atoms with Gasteiger partial charge in [0, 0.05) is 12.2 Å². The zero-order valence-corrected chi connectivity index (χ0v) is 7.46.